The van der Waals surface area contributed by atoms with Gasteiger partial charge < -0.3 is 14.4 Å². The molecule has 0 spiro atoms. The van der Waals surface area contributed by atoms with Crippen LogP contribution in [0.5, 0.6) is 5.75 Å². The van der Waals surface area contributed by atoms with E-state index in [-0.39, 0.29) is 11.4 Å². The average molecular weight is 414 g/mol. The highest BCUT2D eigenvalue weighted by molar-refractivity contribution is 7.89. The van der Waals surface area contributed by atoms with Crippen LogP contribution < -0.4 is 9.46 Å². The minimum Gasteiger partial charge on any atom is -0.406 e. The Kier molecular flexibility index (Phi) is 5.37. The number of sulfonamides is 1. The van der Waals surface area contributed by atoms with Gasteiger partial charge in [0.05, 0.1) is 11.0 Å². The molecule has 3 aromatic rings. The number of benzene rings is 2. The summed E-state index contributed by atoms with van der Waals surface area (Å²) in [7, 11) is -2.13. The lowest BCUT2D eigenvalue weighted by Gasteiger charge is -2.14. The van der Waals surface area contributed by atoms with Crippen LogP contribution in [0.3, 0.4) is 0 Å². The number of nitrogens with zero attached hydrogens (tertiary/aromatic N) is 1. The molecule has 0 bridgehead atoms. The summed E-state index contributed by atoms with van der Waals surface area (Å²) >= 11 is 0. The molecule has 150 valence electrons. The van der Waals surface area contributed by atoms with Crippen molar-refractivity contribution in [2.45, 2.75) is 17.4 Å². The molecule has 0 aliphatic carbocycles. The zero-order valence-electron chi connectivity index (χ0n) is 14.6. The maximum absolute atomic E-state index is 12.3. The zero-order chi connectivity index (χ0) is 20.5. The molecule has 1 heterocycles. The molecule has 0 aliphatic rings. The Balaban J connectivity index is 1.67. The third kappa shape index (κ3) is 4.64. The molecule has 6 nitrogen and oxygen atoms in total. The van der Waals surface area contributed by atoms with Crippen molar-refractivity contribution in [3.63, 3.8) is 0 Å². The summed E-state index contributed by atoms with van der Waals surface area (Å²) in [6, 6.07) is 10.9. The maximum atomic E-state index is 12.3. The van der Waals surface area contributed by atoms with E-state index in [4.69, 9.17) is 0 Å². The highest BCUT2D eigenvalue weighted by Crippen LogP contribution is 2.24. The van der Waals surface area contributed by atoms with Gasteiger partial charge in [-0.1, -0.05) is 6.07 Å². The minimum atomic E-state index is -4.86. The number of hydrogen-bond acceptors (Lipinski definition) is 4. The monoisotopic (exact) mass is 414 g/mol. The number of halogens is 3. The highest BCUT2D eigenvalue weighted by Gasteiger charge is 2.31. The Morgan fingerprint density at radius 2 is 1.82 bits per heavy atom. The summed E-state index contributed by atoms with van der Waals surface area (Å²) in [6.07, 6.45) is -4.08. The Morgan fingerprint density at radius 3 is 2.46 bits per heavy atom. The van der Waals surface area contributed by atoms with Crippen LogP contribution in [0.1, 0.15) is 11.7 Å². The fourth-order valence-corrected chi connectivity index (χ4v) is 3.76. The van der Waals surface area contributed by atoms with E-state index in [9.17, 15) is 26.7 Å². The van der Waals surface area contributed by atoms with Crippen molar-refractivity contribution >= 4 is 20.9 Å². The van der Waals surface area contributed by atoms with E-state index in [2.05, 4.69) is 9.46 Å². The number of alkyl halides is 3. The molecule has 0 aliphatic heterocycles. The fourth-order valence-electron chi connectivity index (χ4n) is 2.72. The second-order valence-electron chi connectivity index (χ2n) is 6.13. The number of rotatable bonds is 6. The number of nitrogens with one attached hydrogen (secondary N) is 1. The number of aliphatic hydroxyl groups is 1. The number of aliphatic hydroxyl groups excluding tert-OH is 1. The van der Waals surface area contributed by atoms with Crippen LogP contribution in [-0.2, 0) is 17.1 Å². The SMILES string of the molecule is Cn1ccc2cc([C@H](O)CNS(=O)(=O)c3ccc(OC(F)(F)F)cc3)ccc21. The van der Waals surface area contributed by atoms with Gasteiger partial charge in [-0.25, -0.2) is 13.1 Å². The first-order chi connectivity index (χ1) is 13.0. The number of ether oxygens (including phenoxy) is 1. The predicted octanol–water partition coefficient (Wildman–Crippen LogP) is 3.09. The Bertz CT molecular complexity index is 1080. The van der Waals surface area contributed by atoms with E-state index < -0.39 is 28.2 Å². The standard InChI is InChI=1S/C18H17F3N2O4S/c1-23-9-8-12-10-13(2-7-16(12)23)17(24)11-22-28(25,26)15-5-3-14(4-6-15)27-18(19,20)21/h2-10,17,22,24H,11H2,1H3/t17-/m1/s1. The van der Waals surface area contributed by atoms with Gasteiger partial charge in [0.1, 0.15) is 5.75 Å². The summed E-state index contributed by atoms with van der Waals surface area (Å²) in [5.74, 6) is -0.525. The van der Waals surface area contributed by atoms with Crippen molar-refractivity contribution in [3.8, 4) is 5.75 Å². The molecule has 2 aromatic carbocycles. The van der Waals surface area contributed by atoms with E-state index in [1.807, 2.05) is 29.9 Å². The van der Waals surface area contributed by atoms with Crippen LogP contribution in [0.2, 0.25) is 0 Å². The van der Waals surface area contributed by atoms with E-state index in [1.54, 1.807) is 12.1 Å². The molecule has 2 N–H and O–H groups in total. The third-order valence-corrected chi connectivity index (χ3v) is 5.57. The molecular weight excluding hydrogens is 397 g/mol. The molecule has 10 heteroatoms. The Labute approximate surface area is 159 Å². The van der Waals surface area contributed by atoms with Crippen molar-refractivity contribution in [2.75, 3.05) is 6.54 Å². The number of aromatic nitrogens is 1. The molecule has 0 saturated heterocycles. The van der Waals surface area contributed by atoms with Crippen LogP contribution in [0.15, 0.2) is 59.6 Å². The molecule has 0 saturated carbocycles. The maximum Gasteiger partial charge on any atom is 0.573 e. The lowest BCUT2D eigenvalue weighted by Crippen LogP contribution is -2.28. The average Bonchev–Trinajstić information content (AvgIpc) is 2.99. The van der Waals surface area contributed by atoms with E-state index in [1.165, 1.54) is 0 Å². The van der Waals surface area contributed by atoms with Crippen LogP contribution in [0, 0.1) is 0 Å². The molecule has 0 fully saturated rings. The summed E-state index contributed by atoms with van der Waals surface area (Å²) in [4.78, 5) is -0.243. The smallest absolute Gasteiger partial charge is 0.406 e. The topological polar surface area (TPSA) is 80.6 Å². The van der Waals surface area contributed by atoms with Crippen molar-refractivity contribution in [1.82, 2.24) is 9.29 Å². The first-order valence-corrected chi connectivity index (χ1v) is 9.62. The molecule has 0 unspecified atom stereocenters. The van der Waals surface area contributed by atoms with Crippen molar-refractivity contribution < 1.29 is 31.4 Å². The van der Waals surface area contributed by atoms with E-state index in [0.29, 0.717) is 5.56 Å². The molecule has 28 heavy (non-hydrogen) atoms. The minimum absolute atomic E-state index is 0.243. The third-order valence-electron chi connectivity index (χ3n) is 4.13. The summed E-state index contributed by atoms with van der Waals surface area (Å²) in [5, 5.41) is 11.2. The van der Waals surface area contributed by atoms with Gasteiger partial charge in [0.25, 0.3) is 0 Å². The van der Waals surface area contributed by atoms with Crippen LogP contribution in [-0.4, -0.2) is 31.0 Å². The van der Waals surface area contributed by atoms with Gasteiger partial charge in [0.2, 0.25) is 10.0 Å². The van der Waals surface area contributed by atoms with Gasteiger partial charge in [-0.15, -0.1) is 13.2 Å². The lowest BCUT2D eigenvalue weighted by molar-refractivity contribution is -0.274. The van der Waals surface area contributed by atoms with Crippen LogP contribution in [0.25, 0.3) is 10.9 Å². The van der Waals surface area contributed by atoms with Crippen molar-refractivity contribution in [1.29, 1.82) is 0 Å². The normalized spacial score (nSPS) is 13.6. The molecule has 1 atom stereocenters. The second kappa shape index (κ2) is 7.46. The molecular formula is C18H17F3N2O4S. The van der Waals surface area contributed by atoms with E-state index in [0.717, 1.165) is 35.2 Å². The van der Waals surface area contributed by atoms with Gasteiger partial charge in [0, 0.05) is 25.3 Å². The molecule has 0 radical (unpaired) electrons. The fraction of sp³-hybridized carbons (Fsp3) is 0.222. The Morgan fingerprint density at radius 1 is 1.14 bits per heavy atom. The number of fused-ring (bicyclic) bond motifs is 1. The van der Waals surface area contributed by atoms with Gasteiger partial charge >= 0.3 is 6.36 Å². The molecule has 3 rings (SSSR count). The van der Waals surface area contributed by atoms with Gasteiger partial charge in [0.15, 0.2) is 0 Å². The van der Waals surface area contributed by atoms with Crippen LogP contribution in [0.4, 0.5) is 13.2 Å². The first-order valence-electron chi connectivity index (χ1n) is 8.14. The zero-order valence-corrected chi connectivity index (χ0v) is 15.5. The van der Waals surface area contributed by atoms with Crippen molar-refractivity contribution in [3.05, 3.63) is 60.3 Å². The van der Waals surface area contributed by atoms with Crippen LogP contribution >= 0.6 is 0 Å². The second-order valence-corrected chi connectivity index (χ2v) is 7.90. The Hall–Kier alpha value is -2.56. The molecule has 0 amide bonds. The number of aryl methyl sites for hydroxylation is 1. The van der Waals surface area contributed by atoms with Gasteiger partial charge in [-0.05, 0) is 53.4 Å². The van der Waals surface area contributed by atoms with E-state index >= 15 is 0 Å². The summed E-state index contributed by atoms with van der Waals surface area (Å²) in [5.41, 5.74) is 1.51. The largest absolute Gasteiger partial charge is 0.573 e. The lowest BCUT2D eigenvalue weighted by atomic mass is 10.1. The predicted molar refractivity (Wildman–Crippen MR) is 96.2 cm³/mol. The summed E-state index contributed by atoms with van der Waals surface area (Å²) in [6.45, 7) is -0.290. The van der Waals surface area contributed by atoms with Crippen molar-refractivity contribution in [2.24, 2.45) is 7.05 Å². The first kappa shape index (κ1) is 20.2. The van der Waals surface area contributed by atoms with Gasteiger partial charge in [-0.2, -0.15) is 0 Å². The summed E-state index contributed by atoms with van der Waals surface area (Å²) < 4.78 is 68.9. The number of hydrogen-bond donors (Lipinski definition) is 2. The quantitative estimate of drug-likeness (QED) is 0.650. The van der Waals surface area contributed by atoms with Gasteiger partial charge in [-0.3, -0.25) is 0 Å². The highest BCUT2D eigenvalue weighted by atomic mass is 32.2. The molecule has 1 aromatic heterocycles.